The van der Waals surface area contributed by atoms with E-state index in [2.05, 4.69) is 21.3 Å². The van der Waals surface area contributed by atoms with Crippen LogP contribution >= 0.6 is 0 Å². The predicted molar refractivity (Wildman–Crippen MR) is 92.5 cm³/mol. The Hall–Kier alpha value is -1.98. The van der Waals surface area contributed by atoms with Gasteiger partial charge in [-0.05, 0) is 37.8 Å². The maximum atomic E-state index is 12.5. The number of carbonyl (C=O) groups is 2. The second-order valence-electron chi connectivity index (χ2n) is 6.93. The van der Waals surface area contributed by atoms with Crippen LogP contribution in [0, 0.1) is 0 Å². The number of aromatic nitrogens is 1. The normalized spacial score (nSPS) is 21.2. The molecule has 2 heterocycles. The van der Waals surface area contributed by atoms with E-state index in [-0.39, 0.29) is 18.0 Å². The van der Waals surface area contributed by atoms with E-state index in [0.29, 0.717) is 19.0 Å². The molecule has 0 bridgehead atoms. The number of carbonyl (C=O) groups excluding carboxylic acids is 2. The first-order chi connectivity index (χ1) is 11.6. The zero-order valence-electron chi connectivity index (χ0n) is 14.5. The summed E-state index contributed by atoms with van der Waals surface area (Å²) < 4.78 is 2.07. The van der Waals surface area contributed by atoms with Crippen molar-refractivity contribution in [1.82, 2.24) is 20.1 Å². The fourth-order valence-corrected chi connectivity index (χ4v) is 3.89. The molecule has 1 aliphatic heterocycles. The number of urea groups is 1. The topological polar surface area (TPSA) is 66.4 Å². The Morgan fingerprint density at radius 3 is 2.71 bits per heavy atom. The summed E-state index contributed by atoms with van der Waals surface area (Å²) in [5, 5.41) is 5.96. The monoisotopic (exact) mass is 332 g/mol. The van der Waals surface area contributed by atoms with Crippen molar-refractivity contribution >= 4 is 11.9 Å². The molecule has 1 aliphatic carbocycles. The summed E-state index contributed by atoms with van der Waals surface area (Å²) in [5.41, 5.74) is 1.17. The summed E-state index contributed by atoms with van der Waals surface area (Å²) >= 11 is 0. The quantitative estimate of drug-likeness (QED) is 0.869. The van der Waals surface area contributed by atoms with E-state index >= 15 is 0 Å². The molecule has 1 aromatic rings. The van der Waals surface area contributed by atoms with Crippen molar-refractivity contribution in [2.24, 2.45) is 7.05 Å². The van der Waals surface area contributed by atoms with E-state index in [4.69, 9.17) is 0 Å². The van der Waals surface area contributed by atoms with Gasteiger partial charge in [0, 0.05) is 44.5 Å². The van der Waals surface area contributed by atoms with Crippen molar-refractivity contribution in [2.75, 3.05) is 13.1 Å². The van der Waals surface area contributed by atoms with E-state index < -0.39 is 0 Å². The minimum Gasteiger partial charge on any atom is -0.353 e. The second-order valence-corrected chi connectivity index (χ2v) is 6.93. The van der Waals surface area contributed by atoms with Crippen LogP contribution in [-0.2, 0) is 11.8 Å². The molecule has 2 fully saturated rings. The maximum absolute atomic E-state index is 12.5. The van der Waals surface area contributed by atoms with Gasteiger partial charge < -0.3 is 20.1 Å². The molecule has 0 spiro atoms. The number of rotatable bonds is 5. The Balaban J connectivity index is 1.44. The van der Waals surface area contributed by atoms with Gasteiger partial charge in [0.1, 0.15) is 0 Å². The van der Waals surface area contributed by atoms with Gasteiger partial charge in [-0.1, -0.05) is 12.8 Å². The molecule has 1 saturated heterocycles. The molecule has 0 unspecified atom stereocenters. The standard InChI is InChI=1S/C18H28N4O2/c1-21-12-4-8-15(21)16-9-5-13-22(16)18(24)19-11-10-17(23)20-14-6-2-3-7-14/h4,8,12,14,16H,2-3,5-7,9-11,13H2,1H3,(H,19,24)(H,20,23)/t16-/m0/s1. The van der Waals surface area contributed by atoms with Gasteiger partial charge in [0.2, 0.25) is 5.91 Å². The van der Waals surface area contributed by atoms with Crippen molar-refractivity contribution < 1.29 is 9.59 Å². The van der Waals surface area contributed by atoms with E-state index in [9.17, 15) is 9.59 Å². The zero-order valence-corrected chi connectivity index (χ0v) is 14.5. The molecule has 2 N–H and O–H groups in total. The molecule has 0 radical (unpaired) electrons. The van der Waals surface area contributed by atoms with Gasteiger partial charge in [-0.15, -0.1) is 0 Å². The number of aryl methyl sites for hydroxylation is 1. The van der Waals surface area contributed by atoms with Crippen LogP contribution in [0.3, 0.4) is 0 Å². The first-order valence-electron chi connectivity index (χ1n) is 9.10. The fourth-order valence-electron chi connectivity index (χ4n) is 3.89. The molecule has 6 nitrogen and oxygen atoms in total. The van der Waals surface area contributed by atoms with Crippen LogP contribution in [-0.4, -0.2) is 40.5 Å². The SMILES string of the molecule is Cn1cccc1[C@@H]1CCCN1C(=O)NCCC(=O)NC1CCCC1. The van der Waals surface area contributed by atoms with E-state index in [0.717, 1.165) is 32.2 Å². The molecule has 6 heteroatoms. The summed E-state index contributed by atoms with van der Waals surface area (Å²) in [6.45, 7) is 1.17. The van der Waals surface area contributed by atoms with Crippen LogP contribution in [0.5, 0.6) is 0 Å². The number of hydrogen-bond donors (Lipinski definition) is 2. The number of hydrogen-bond acceptors (Lipinski definition) is 2. The molecule has 132 valence electrons. The Labute approximate surface area is 143 Å². The predicted octanol–water partition coefficient (Wildman–Crippen LogP) is 2.32. The largest absolute Gasteiger partial charge is 0.353 e. The summed E-state index contributed by atoms with van der Waals surface area (Å²) in [7, 11) is 2.01. The van der Waals surface area contributed by atoms with Crippen molar-refractivity contribution in [3.05, 3.63) is 24.0 Å². The number of nitrogens with one attached hydrogen (secondary N) is 2. The Kier molecular flexibility index (Phi) is 5.43. The summed E-state index contributed by atoms with van der Waals surface area (Å²) in [6, 6.07) is 4.50. The van der Waals surface area contributed by atoms with E-state index in [1.807, 2.05) is 24.2 Å². The summed E-state index contributed by atoms with van der Waals surface area (Å²) in [6.07, 6.45) is 8.96. The van der Waals surface area contributed by atoms with Crippen molar-refractivity contribution in [2.45, 2.75) is 57.0 Å². The lowest BCUT2D eigenvalue weighted by atomic mass is 10.1. The van der Waals surface area contributed by atoms with Crippen LogP contribution in [0.1, 0.15) is 56.7 Å². The Morgan fingerprint density at radius 1 is 1.21 bits per heavy atom. The van der Waals surface area contributed by atoms with Crippen molar-refractivity contribution in [3.63, 3.8) is 0 Å². The minimum atomic E-state index is -0.0626. The first-order valence-corrected chi connectivity index (χ1v) is 9.10. The molecule has 2 aliphatic rings. The highest BCUT2D eigenvalue weighted by atomic mass is 16.2. The highest BCUT2D eigenvalue weighted by Crippen LogP contribution is 2.31. The summed E-state index contributed by atoms with van der Waals surface area (Å²) in [5.74, 6) is 0.0441. The third-order valence-corrected chi connectivity index (χ3v) is 5.19. The third-order valence-electron chi connectivity index (χ3n) is 5.19. The van der Waals surface area contributed by atoms with Gasteiger partial charge in [0.15, 0.2) is 0 Å². The van der Waals surface area contributed by atoms with Crippen molar-refractivity contribution in [1.29, 1.82) is 0 Å². The smallest absolute Gasteiger partial charge is 0.317 e. The van der Waals surface area contributed by atoms with Gasteiger partial charge in [-0.3, -0.25) is 4.79 Å². The lowest BCUT2D eigenvalue weighted by Crippen LogP contribution is -2.42. The van der Waals surface area contributed by atoms with Crippen LogP contribution in [0.2, 0.25) is 0 Å². The molecule has 3 amide bonds. The van der Waals surface area contributed by atoms with Crippen molar-refractivity contribution in [3.8, 4) is 0 Å². The second kappa shape index (κ2) is 7.73. The molecule has 0 aromatic carbocycles. The summed E-state index contributed by atoms with van der Waals surface area (Å²) in [4.78, 5) is 26.3. The molecule has 1 saturated carbocycles. The van der Waals surface area contributed by atoms with E-state index in [1.54, 1.807) is 0 Å². The lowest BCUT2D eigenvalue weighted by molar-refractivity contribution is -0.121. The maximum Gasteiger partial charge on any atom is 0.317 e. The Morgan fingerprint density at radius 2 is 2.00 bits per heavy atom. The van der Waals surface area contributed by atoms with E-state index in [1.165, 1.54) is 18.5 Å². The average Bonchev–Trinajstić information content (AvgIpc) is 3.27. The zero-order chi connectivity index (χ0) is 16.9. The molecule has 1 atom stereocenters. The van der Waals surface area contributed by atoms with Gasteiger partial charge >= 0.3 is 6.03 Å². The molecule has 1 aromatic heterocycles. The van der Waals surface area contributed by atoms with Gasteiger partial charge in [-0.2, -0.15) is 0 Å². The molecule has 24 heavy (non-hydrogen) atoms. The highest BCUT2D eigenvalue weighted by Gasteiger charge is 2.31. The van der Waals surface area contributed by atoms with Crippen LogP contribution < -0.4 is 10.6 Å². The van der Waals surface area contributed by atoms with Crippen LogP contribution in [0.15, 0.2) is 18.3 Å². The highest BCUT2D eigenvalue weighted by molar-refractivity contribution is 5.78. The lowest BCUT2D eigenvalue weighted by Gasteiger charge is -2.25. The van der Waals surface area contributed by atoms with Gasteiger partial charge in [0.05, 0.1) is 6.04 Å². The Bertz CT molecular complexity index is 577. The molecular formula is C18H28N4O2. The van der Waals surface area contributed by atoms with Gasteiger partial charge in [-0.25, -0.2) is 4.79 Å². The van der Waals surface area contributed by atoms with Crippen LogP contribution in [0.4, 0.5) is 4.79 Å². The van der Waals surface area contributed by atoms with Crippen LogP contribution in [0.25, 0.3) is 0 Å². The number of nitrogens with zero attached hydrogens (tertiary/aromatic N) is 2. The number of likely N-dealkylation sites (tertiary alicyclic amines) is 1. The fraction of sp³-hybridized carbons (Fsp3) is 0.667. The first kappa shape index (κ1) is 16.9. The average molecular weight is 332 g/mol. The van der Waals surface area contributed by atoms with Gasteiger partial charge in [0.25, 0.3) is 0 Å². The molecule has 3 rings (SSSR count). The minimum absolute atomic E-state index is 0.0441. The number of amides is 3. The molecular weight excluding hydrogens is 304 g/mol. The third kappa shape index (κ3) is 3.91.